The Kier molecular flexibility index (Phi) is 4.53. The van der Waals surface area contributed by atoms with E-state index in [0.29, 0.717) is 6.42 Å². The molecule has 0 radical (unpaired) electrons. The van der Waals surface area contributed by atoms with Crippen molar-refractivity contribution in [1.82, 2.24) is 4.90 Å². The van der Waals surface area contributed by atoms with Crippen LogP contribution >= 0.6 is 0 Å². The lowest BCUT2D eigenvalue weighted by molar-refractivity contribution is -0.135. The average molecular weight is 264 g/mol. The van der Waals surface area contributed by atoms with E-state index in [2.05, 4.69) is 0 Å². The van der Waals surface area contributed by atoms with E-state index in [1.165, 1.54) is 12.1 Å². The zero-order valence-electron chi connectivity index (χ0n) is 11.3. The number of carbonyl (C=O) groups excluding carboxylic acids is 1. The zero-order valence-corrected chi connectivity index (χ0v) is 11.3. The Hall–Kier alpha value is -1.42. The molecule has 2 atom stereocenters. The van der Waals surface area contributed by atoms with E-state index in [1.54, 1.807) is 12.1 Å². The smallest absolute Gasteiger partial charge is 0.224 e. The second-order valence-electron chi connectivity index (χ2n) is 5.33. The quantitative estimate of drug-likeness (QED) is 0.912. The van der Waals surface area contributed by atoms with Gasteiger partial charge in [-0.3, -0.25) is 4.79 Å². The molecule has 19 heavy (non-hydrogen) atoms. The number of halogens is 1. The number of amides is 1. The van der Waals surface area contributed by atoms with Crippen molar-refractivity contribution >= 4 is 5.91 Å². The van der Waals surface area contributed by atoms with Crippen molar-refractivity contribution in [2.75, 3.05) is 6.54 Å². The third kappa shape index (κ3) is 3.53. The Labute approximate surface area is 113 Å². The number of hydrogen-bond acceptors (Lipinski definition) is 2. The Morgan fingerprint density at radius 1 is 1.42 bits per heavy atom. The topological polar surface area (TPSA) is 46.3 Å². The van der Waals surface area contributed by atoms with Crippen molar-refractivity contribution in [3.63, 3.8) is 0 Å². The normalized spacial score (nSPS) is 21.2. The second kappa shape index (κ2) is 6.15. The van der Waals surface area contributed by atoms with Gasteiger partial charge in [-0.15, -0.1) is 0 Å². The molecule has 0 spiro atoms. The van der Waals surface area contributed by atoms with Gasteiger partial charge >= 0.3 is 0 Å². The van der Waals surface area contributed by atoms with Crippen LogP contribution in [0.2, 0.25) is 0 Å². The molecule has 3 nitrogen and oxygen atoms in total. The fraction of sp³-hybridized carbons (Fsp3) is 0.533. The first-order chi connectivity index (χ1) is 9.08. The van der Waals surface area contributed by atoms with Crippen LogP contribution in [0.5, 0.6) is 0 Å². The van der Waals surface area contributed by atoms with Gasteiger partial charge in [-0.05, 0) is 43.9 Å². The summed E-state index contributed by atoms with van der Waals surface area (Å²) in [7, 11) is 0. The highest BCUT2D eigenvalue weighted by Crippen LogP contribution is 2.31. The summed E-state index contributed by atoms with van der Waals surface area (Å²) >= 11 is 0. The summed E-state index contributed by atoms with van der Waals surface area (Å²) in [6.07, 6.45) is 3.44. The van der Waals surface area contributed by atoms with E-state index in [0.717, 1.165) is 31.4 Å². The van der Waals surface area contributed by atoms with E-state index in [1.807, 2.05) is 11.8 Å². The van der Waals surface area contributed by atoms with Crippen LogP contribution in [0.25, 0.3) is 0 Å². The first-order valence-corrected chi connectivity index (χ1v) is 6.88. The monoisotopic (exact) mass is 264 g/mol. The van der Waals surface area contributed by atoms with Gasteiger partial charge < -0.3 is 10.6 Å². The molecule has 0 bridgehead atoms. The summed E-state index contributed by atoms with van der Waals surface area (Å²) in [6.45, 7) is 2.61. The van der Waals surface area contributed by atoms with Gasteiger partial charge in [0, 0.05) is 19.0 Å². The highest BCUT2D eigenvalue weighted by Gasteiger charge is 2.28. The predicted molar refractivity (Wildman–Crippen MR) is 73.0 cm³/mol. The summed E-state index contributed by atoms with van der Waals surface area (Å²) in [5.74, 6) is -0.142. The van der Waals surface area contributed by atoms with E-state index in [9.17, 15) is 9.18 Å². The number of carbonyl (C=O) groups is 1. The maximum Gasteiger partial charge on any atom is 0.224 e. The van der Waals surface area contributed by atoms with Crippen LogP contribution in [-0.2, 0) is 4.79 Å². The molecule has 0 saturated carbocycles. The molecular formula is C15H21FN2O. The van der Waals surface area contributed by atoms with E-state index >= 15 is 0 Å². The molecule has 1 saturated heterocycles. The molecular weight excluding hydrogens is 243 g/mol. The SMILES string of the molecule is CC(N)CC(=O)N1CCCCC1c1ccc(F)cc1. The maximum absolute atomic E-state index is 13.0. The van der Waals surface area contributed by atoms with Crippen LogP contribution in [0.1, 0.15) is 44.2 Å². The number of nitrogens with two attached hydrogens (primary N) is 1. The minimum atomic E-state index is -0.243. The number of rotatable bonds is 3. The molecule has 1 fully saturated rings. The van der Waals surface area contributed by atoms with E-state index in [-0.39, 0.29) is 23.8 Å². The van der Waals surface area contributed by atoms with Crippen molar-refractivity contribution in [2.24, 2.45) is 5.73 Å². The fourth-order valence-corrected chi connectivity index (χ4v) is 2.65. The standard InChI is InChI=1S/C15H21FN2O/c1-11(17)10-15(19)18-9-3-2-4-14(18)12-5-7-13(16)8-6-12/h5-8,11,14H,2-4,9-10,17H2,1H3. The molecule has 2 unspecified atom stereocenters. The second-order valence-corrected chi connectivity index (χ2v) is 5.33. The molecule has 4 heteroatoms. The fourth-order valence-electron chi connectivity index (χ4n) is 2.65. The number of benzene rings is 1. The zero-order chi connectivity index (χ0) is 13.8. The third-order valence-corrected chi connectivity index (χ3v) is 3.57. The van der Waals surface area contributed by atoms with Crippen LogP contribution in [0, 0.1) is 5.82 Å². The first kappa shape index (κ1) is 14.0. The number of likely N-dealkylation sites (tertiary alicyclic amines) is 1. The molecule has 1 amide bonds. The molecule has 0 aliphatic carbocycles. The summed E-state index contributed by atoms with van der Waals surface area (Å²) in [4.78, 5) is 14.1. The van der Waals surface area contributed by atoms with Gasteiger partial charge in [-0.2, -0.15) is 0 Å². The Balaban J connectivity index is 2.15. The molecule has 2 N–H and O–H groups in total. The van der Waals surface area contributed by atoms with Gasteiger partial charge in [-0.1, -0.05) is 12.1 Å². The van der Waals surface area contributed by atoms with Crippen LogP contribution in [0.4, 0.5) is 4.39 Å². The molecule has 2 rings (SSSR count). The maximum atomic E-state index is 13.0. The van der Waals surface area contributed by atoms with Crippen molar-refractivity contribution in [1.29, 1.82) is 0 Å². The minimum absolute atomic E-state index is 0.0700. The Morgan fingerprint density at radius 2 is 2.11 bits per heavy atom. The van der Waals surface area contributed by atoms with Crippen LogP contribution in [0.3, 0.4) is 0 Å². The summed E-state index contributed by atoms with van der Waals surface area (Å²) < 4.78 is 13.0. The minimum Gasteiger partial charge on any atom is -0.336 e. The largest absolute Gasteiger partial charge is 0.336 e. The van der Waals surface area contributed by atoms with Gasteiger partial charge in [0.2, 0.25) is 5.91 Å². The van der Waals surface area contributed by atoms with Crippen LogP contribution < -0.4 is 5.73 Å². The van der Waals surface area contributed by atoms with Crippen molar-refractivity contribution in [2.45, 2.75) is 44.7 Å². The predicted octanol–water partition coefficient (Wildman–Crippen LogP) is 2.62. The molecule has 1 aromatic carbocycles. The van der Waals surface area contributed by atoms with Gasteiger partial charge in [0.15, 0.2) is 0 Å². The average Bonchev–Trinajstić information content (AvgIpc) is 2.39. The lowest BCUT2D eigenvalue weighted by atomic mass is 9.94. The molecule has 104 valence electrons. The Morgan fingerprint density at radius 3 is 2.74 bits per heavy atom. The number of hydrogen-bond donors (Lipinski definition) is 1. The highest BCUT2D eigenvalue weighted by molar-refractivity contribution is 5.77. The summed E-state index contributed by atoms with van der Waals surface area (Å²) in [5.41, 5.74) is 6.72. The van der Waals surface area contributed by atoms with Crippen LogP contribution in [0.15, 0.2) is 24.3 Å². The number of piperidine rings is 1. The third-order valence-electron chi connectivity index (χ3n) is 3.57. The van der Waals surface area contributed by atoms with Crippen molar-refractivity contribution in [3.05, 3.63) is 35.6 Å². The van der Waals surface area contributed by atoms with Gasteiger partial charge in [0.25, 0.3) is 0 Å². The van der Waals surface area contributed by atoms with Gasteiger partial charge in [0.1, 0.15) is 5.82 Å². The molecule has 1 aliphatic heterocycles. The van der Waals surface area contributed by atoms with Gasteiger partial charge in [0.05, 0.1) is 6.04 Å². The lowest BCUT2D eigenvalue weighted by Crippen LogP contribution is -2.40. The lowest BCUT2D eigenvalue weighted by Gasteiger charge is -2.36. The molecule has 1 heterocycles. The molecule has 1 aliphatic rings. The number of nitrogens with zero attached hydrogens (tertiary/aromatic N) is 1. The summed E-state index contributed by atoms with van der Waals surface area (Å²) in [6, 6.07) is 6.41. The summed E-state index contributed by atoms with van der Waals surface area (Å²) in [5, 5.41) is 0. The molecule has 1 aromatic rings. The van der Waals surface area contributed by atoms with E-state index in [4.69, 9.17) is 5.73 Å². The van der Waals surface area contributed by atoms with E-state index < -0.39 is 0 Å². The van der Waals surface area contributed by atoms with Crippen LogP contribution in [-0.4, -0.2) is 23.4 Å². The van der Waals surface area contributed by atoms with Crippen molar-refractivity contribution in [3.8, 4) is 0 Å². The van der Waals surface area contributed by atoms with Crippen molar-refractivity contribution < 1.29 is 9.18 Å². The van der Waals surface area contributed by atoms with Gasteiger partial charge in [-0.25, -0.2) is 4.39 Å². The molecule has 0 aromatic heterocycles. The Bertz CT molecular complexity index is 430. The first-order valence-electron chi connectivity index (χ1n) is 6.88. The highest BCUT2D eigenvalue weighted by atomic mass is 19.1.